The molecular weight excluding hydrogens is 641 g/mol. The third-order valence-electron chi connectivity index (χ3n) is 6.49. The summed E-state index contributed by atoms with van der Waals surface area (Å²) in [5.74, 6) is -0.682. The Morgan fingerprint density at radius 1 is 1.04 bits per heavy atom. The number of carbonyl (C=O) groups is 3. The summed E-state index contributed by atoms with van der Waals surface area (Å²) in [6.45, 7) is 1.76. The van der Waals surface area contributed by atoms with Gasteiger partial charge < -0.3 is 14.3 Å². The lowest BCUT2D eigenvalue weighted by molar-refractivity contribution is -0.145. The van der Waals surface area contributed by atoms with Crippen molar-refractivity contribution in [1.82, 2.24) is 14.9 Å². The Labute approximate surface area is 272 Å². The maximum atomic E-state index is 13.1. The number of hydrogen-bond acceptors (Lipinski definition) is 10. The zero-order valence-corrected chi connectivity index (χ0v) is 26.3. The SMILES string of the molecule is CCOC(=O)CC(=O)CSc1nnc(COc2ccccc2C2=NOC(c3ccc(Cl)cc3Cl)C2)n1NC(=O)c1ccccc1. The van der Waals surface area contributed by atoms with Gasteiger partial charge in [-0.25, -0.2) is 4.68 Å². The summed E-state index contributed by atoms with van der Waals surface area (Å²) in [6.07, 6.45) is -0.303. The largest absolute Gasteiger partial charge is 0.485 e. The number of nitrogens with one attached hydrogen (secondary N) is 1. The number of carbonyl (C=O) groups excluding carboxylic acids is 3. The molecule has 0 saturated heterocycles. The molecule has 0 saturated carbocycles. The first-order valence-electron chi connectivity index (χ1n) is 13.8. The maximum Gasteiger partial charge on any atom is 0.313 e. The fourth-order valence-electron chi connectivity index (χ4n) is 4.36. The molecule has 1 aromatic heterocycles. The van der Waals surface area contributed by atoms with Gasteiger partial charge in [-0.05, 0) is 43.3 Å². The molecule has 2 heterocycles. The highest BCUT2D eigenvalue weighted by atomic mass is 35.5. The van der Waals surface area contributed by atoms with Gasteiger partial charge in [-0.1, -0.05) is 76.5 Å². The molecule has 5 rings (SSSR count). The summed E-state index contributed by atoms with van der Waals surface area (Å²) in [4.78, 5) is 42.8. The van der Waals surface area contributed by atoms with Gasteiger partial charge in [-0.3, -0.25) is 19.8 Å². The van der Waals surface area contributed by atoms with E-state index in [1.165, 1.54) is 4.68 Å². The highest BCUT2D eigenvalue weighted by Crippen LogP contribution is 2.36. The lowest BCUT2D eigenvalue weighted by atomic mass is 9.99. The molecule has 0 fully saturated rings. The summed E-state index contributed by atoms with van der Waals surface area (Å²) in [5, 5.41) is 13.9. The van der Waals surface area contributed by atoms with E-state index in [1.807, 2.05) is 24.3 Å². The second-order valence-electron chi connectivity index (χ2n) is 9.64. The fraction of sp³-hybridized carbons (Fsp3) is 0.226. The van der Waals surface area contributed by atoms with E-state index >= 15 is 0 Å². The molecule has 0 bridgehead atoms. The molecule has 4 aromatic rings. The Morgan fingerprint density at radius 2 is 1.82 bits per heavy atom. The highest BCUT2D eigenvalue weighted by Gasteiger charge is 2.28. The molecule has 1 aliphatic rings. The van der Waals surface area contributed by atoms with Gasteiger partial charge in [-0.2, -0.15) is 0 Å². The summed E-state index contributed by atoms with van der Waals surface area (Å²) in [6, 6.07) is 21.2. The van der Waals surface area contributed by atoms with Crippen LogP contribution in [0.5, 0.6) is 5.75 Å². The molecule has 0 aliphatic carbocycles. The van der Waals surface area contributed by atoms with Crippen molar-refractivity contribution < 1.29 is 28.7 Å². The summed E-state index contributed by atoms with van der Waals surface area (Å²) < 4.78 is 12.4. The average molecular weight is 669 g/mol. The Hall–Kier alpha value is -4.39. The van der Waals surface area contributed by atoms with E-state index in [-0.39, 0.29) is 48.3 Å². The number of hydrogen-bond donors (Lipinski definition) is 1. The monoisotopic (exact) mass is 667 g/mol. The van der Waals surface area contributed by atoms with Crippen LogP contribution >= 0.6 is 35.0 Å². The van der Waals surface area contributed by atoms with Gasteiger partial charge in [0.2, 0.25) is 5.16 Å². The number of aromatic nitrogens is 3. The Bertz CT molecular complexity index is 1730. The number of para-hydroxylation sites is 1. The van der Waals surface area contributed by atoms with Gasteiger partial charge in [0, 0.05) is 33.2 Å². The maximum absolute atomic E-state index is 13.1. The number of Topliss-reactive ketones (excluding diaryl/α,β-unsaturated/α-hetero) is 1. The van der Waals surface area contributed by atoms with Gasteiger partial charge in [0.15, 0.2) is 17.7 Å². The quantitative estimate of drug-likeness (QED) is 0.103. The molecule has 1 aliphatic heterocycles. The summed E-state index contributed by atoms with van der Waals surface area (Å²) in [7, 11) is 0. The van der Waals surface area contributed by atoms with E-state index in [2.05, 4.69) is 20.8 Å². The predicted molar refractivity (Wildman–Crippen MR) is 169 cm³/mol. The lowest BCUT2D eigenvalue weighted by Gasteiger charge is -2.14. The van der Waals surface area contributed by atoms with E-state index in [0.29, 0.717) is 39.1 Å². The van der Waals surface area contributed by atoms with Crippen LogP contribution < -0.4 is 10.2 Å². The minimum absolute atomic E-state index is 0.0829. The van der Waals surface area contributed by atoms with Crippen LogP contribution in [0.25, 0.3) is 0 Å². The van der Waals surface area contributed by atoms with E-state index in [4.69, 9.17) is 37.5 Å². The predicted octanol–water partition coefficient (Wildman–Crippen LogP) is 6.03. The normalized spacial score (nSPS) is 13.9. The second-order valence-corrected chi connectivity index (χ2v) is 11.4. The summed E-state index contributed by atoms with van der Waals surface area (Å²) >= 11 is 13.5. The number of nitrogens with zero attached hydrogens (tertiary/aromatic N) is 4. The Balaban J connectivity index is 1.32. The zero-order valence-electron chi connectivity index (χ0n) is 23.9. The van der Waals surface area contributed by atoms with Crippen LogP contribution in [-0.2, 0) is 25.8 Å². The molecule has 1 unspecified atom stereocenters. The van der Waals surface area contributed by atoms with E-state index in [1.54, 1.807) is 55.5 Å². The van der Waals surface area contributed by atoms with Crippen LogP contribution in [0.15, 0.2) is 83.1 Å². The van der Waals surface area contributed by atoms with Crippen molar-refractivity contribution in [2.45, 2.75) is 37.6 Å². The number of oxime groups is 1. The van der Waals surface area contributed by atoms with Crippen molar-refractivity contribution in [2.75, 3.05) is 17.8 Å². The van der Waals surface area contributed by atoms with Crippen LogP contribution in [0.4, 0.5) is 0 Å². The minimum atomic E-state index is -0.602. The summed E-state index contributed by atoms with van der Waals surface area (Å²) in [5.41, 5.74) is 5.34. The number of ketones is 1. The number of ether oxygens (including phenoxy) is 2. The van der Waals surface area contributed by atoms with Gasteiger partial charge in [0.25, 0.3) is 5.91 Å². The smallest absolute Gasteiger partial charge is 0.313 e. The molecule has 0 radical (unpaired) electrons. The molecule has 0 spiro atoms. The van der Waals surface area contributed by atoms with Gasteiger partial charge >= 0.3 is 5.97 Å². The van der Waals surface area contributed by atoms with Gasteiger partial charge in [0.1, 0.15) is 18.8 Å². The fourth-order valence-corrected chi connectivity index (χ4v) is 5.66. The van der Waals surface area contributed by atoms with Crippen molar-refractivity contribution in [2.24, 2.45) is 5.16 Å². The van der Waals surface area contributed by atoms with Crippen molar-refractivity contribution in [1.29, 1.82) is 0 Å². The molecule has 1 atom stereocenters. The second kappa shape index (κ2) is 15.1. The van der Waals surface area contributed by atoms with Crippen molar-refractivity contribution in [3.8, 4) is 5.75 Å². The lowest BCUT2D eigenvalue weighted by Crippen LogP contribution is -2.26. The minimum Gasteiger partial charge on any atom is -0.485 e. The van der Waals surface area contributed by atoms with Crippen LogP contribution in [-0.4, -0.2) is 50.6 Å². The first kappa shape index (κ1) is 32.0. The van der Waals surface area contributed by atoms with Crippen molar-refractivity contribution >= 4 is 58.3 Å². The van der Waals surface area contributed by atoms with Crippen LogP contribution in [0.2, 0.25) is 10.0 Å². The van der Waals surface area contributed by atoms with Gasteiger partial charge in [0.05, 0.1) is 18.1 Å². The van der Waals surface area contributed by atoms with Crippen LogP contribution in [0, 0.1) is 0 Å². The topological polar surface area (TPSA) is 134 Å². The first-order chi connectivity index (χ1) is 21.8. The molecule has 1 amide bonds. The van der Waals surface area contributed by atoms with E-state index in [0.717, 1.165) is 17.3 Å². The molecular formula is C31H27Cl2N5O6S. The third-order valence-corrected chi connectivity index (χ3v) is 8.04. The van der Waals surface area contributed by atoms with E-state index < -0.39 is 11.9 Å². The molecule has 45 heavy (non-hydrogen) atoms. The van der Waals surface area contributed by atoms with Gasteiger partial charge in [-0.15, -0.1) is 10.2 Å². The standard InChI is InChI=1S/C31H27Cl2N5O6S/c1-2-42-29(40)15-21(39)18-45-31-35-34-28(38(31)36-30(41)19-8-4-3-5-9-19)17-43-26-11-7-6-10-23(26)25-16-27(44-37-25)22-13-12-20(32)14-24(22)33/h3-14,27H,2,15-18H2,1H3,(H,36,41). The van der Waals surface area contributed by atoms with Crippen LogP contribution in [0.1, 0.15) is 53.2 Å². The molecule has 232 valence electrons. The highest BCUT2D eigenvalue weighted by molar-refractivity contribution is 7.99. The number of esters is 1. The Morgan fingerprint density at radius 3 is 2.60 bits per heavy atom. The number of benzene rings is 3. The Kier molecular flexibility index (Phi) is 10.7. The number of thioether (sulfide) groups is 1. The number of rotatable bonds is 13. The van der Waals surface area contributed by atoms with E-state index in [9.17, 15) is 14.4 Å². The number of halogens is 2. The zero-order chi connectivity index (χ0) is 31.8. The number of amides is 1. The van der Waals surface area contributed by atoms with Crippen molar-refractivity contribution in [3.63, 3.8) is 0 Å². The first-order valence-corrected chi connectivity index (χ1v) is 15.6. The molecule has 3 aromatic carbocycles. The molecule has 14 heteroatoms. The molecule has 11 nitrogen and oxygen atoms in total. The average Bonchev–Trinajstić information content (AvgIpc) is 3.67. The van der Waals surface area contributed by atoms with Crippen molar-refractivity contribution in [3.05, 3.63) is 105 Å². The molecule has 1 N–H and O–H groups in total. The third kappa shape index (κ3) is 8.21. The van der Waals surface area contributed by atoms with Crippen LogP contribution in [0.3, 0.4) is 0 Å².